The molecular formula is C25H20ClN5OS. The third kappa shape index (κ3) is 4.42. The number of benzene rings is 2. The first-order valence-corrected chi connectivity index (χ1v) is 11.7. The Hall–Kier alpha value is -3.42. The van der Waals surface area contributed by atoms with E-state index in [2.05, 4.69) is 34.2 Å². The van der Waals surface area contributed by atoms with Crippen molar-refractivity contribution in [1.82, 2.24) is 24.1 Å². The molecule has 0 unspecified atom stereocenters. The number of rotatable bonds is 5. The summed E-state index contributed by atoms with van der Waals surface area (Å²) in [7, 11) is 0. The molecule has 0 amide bonds. The topological polar surface area (TPSA) is 65.1 Å². The average molecular weight is 474 g/mol. The Morgan fingerprint density at radius 1 is 0.909 bits per heavy atom. The number of hydrogen-bond donors (Lipinski definition) is 0. The fraction of sp³-hybridized carbons (Fsp3) is 0.120. The summed E-state index contributed by atoms with van der Waals surface area (Å²) < 4.78 is 3.57. The molecule has 0 aliphatic carbocycles. The zero-order valence-electron chi connectivity index (χ0n) is 18.1. The Bertz CT molecular complexity index is 1510. The number of nitrogens with zero attached hydrogens (tertiary/aromatic N) is 5. The van der Waals surface area contributed by atoms with Gasteiger partial charge in [0.15, 0.2) is 11.0 Å². The SMILES string of the molecule is Cc1ccc(-n2c(SCc3cc(=O)n4ccc(C)cc4n3)nnc2-c2ccc(Cl)cc2)cc1. The zero-order chi connectivity index (χ0) is 22.9. The fourth-order valence-electron chi connectivity index (χ4n) is 3.54. The van der Waals surface area contributed by atoms with Crippen LogP contribution in [0.4, 0.5) is 0 Å². The van der Waals surface area contributed by atoms with E-state index < -0.39 is 0 Å². The minimum Gasteiger partial charge on any atom is -0.270 e. The molecule has 8 heteroatoms. The van der Waals surface area contributed by atoms with Gasteiger partial charge in [-0.2, -0.15) is 0 Å². The van der Waals surface area contributed by atoms with E-state index in [4.69, 9.17) is 11.6 Å². The molecule has 2 aromatic carbocycles. The minimum atomic E-state index is -0.0996. The van der Waals surface area contributed by atoms with Gasteiger partial charge in [-0.1, -0.05) is 41.1 Å². The first kappa shape index (κ1) is 21.4. The van der Waals surface area contributed by atoms with Gasteiger partial charge in [0.25, 0.3) is 5.56 Å². The van der Waals surface area contributed by atoms with E-state index in [-0.39, 0.29) is 5.56 Å². The van der Waals surface area contributed by atoms with E-state index >= 15 is 0 Å². The van der Waals surface area contributed by atoms with Crippen LogP contribution in [0.1, 0.15) is 16.8 Å². The second-order valence-corrected chi connectivity index (χ2v) is 9.17. The van der Waals surface area contributed by atoms with Crippen molar-refractivity contribution in [1.29, 1.82) is 0 Å². The van der Waals surface area contributed by atoms with Crippen molar-refractivity contribution in [2.75, 3.05) is 0 Å². The number of aryl methyl sites for hydroxylation is 2. The Balaban J connectivity index is 1.53. The second kappa shape index (κ2) is 8.84. The maximum absolute atomic E-state index is 12.5. The molecule has 0 N–H and O–H groups in total. The Labute approximate surface area is 199 Å². The standard InChI is InChI=1S/C25H20ClN5OS/c1-16-3-9-21(10-4-16)31-24(18-5-7-19(26)8-6-18)28-29-25(31)33-15-20-14-23(32)30-12-11-17(2)13-22(30)27-20/h3-14H,15H2,1-2H3. The lowest BCUT2D eigenvalue weighted by molar-refractivity contribution is 0.884. The van der Waals surface area contributed by atoms with Crippen LogP contribution in [0.3, 0.4) is 0 Å². The average Bonchev–Trinajstić information content (AvgIpc) is 3.22. The van der Waals surface area contributed by atoms with Crippen molar-refractivity contribution in [3.63, 3.8) is 0 Å². The van der Waals surface area contributed by atoms with E-state index in [9.17, 15) is 4.79 Å². The Kier molecular flexibility index (Phi) is 5.74. The molecule has 3 aromatic heterocycles. The first-order chi connectivity index (χ1) is 16.0. The molecule has 0 fully saturated rings. The molecule has 0 radical (unpaired) electrons. The van der Waals surface area contributed by atoms with Crippen LogP contribution in [0.15, 0.2) is 82.9 Å². The number of pyridine rings is 1. The molecule has 5 aromatic rings. The van der Waals surface area contributed by atoms with Gasteiger partial charge in [0, 0.05) is 34.3 Å². The third-order valence-electron chi connectivity index (χ3n) is 5.25. The monoisotopic (exact) mass is 473 g/mol. The lowest BCUT2D eigenvalue weighted by Gasteiger charge is -2.11. The summed E-state index contributed by atoms with van der Waals surface area (Å²) in [4.78, 5) is 17.2. The molecule has 0 saturated heterocycles. The molecule has 0 atom stereocenters. The second-order valence-electron chi connectivity index (χ2n) is 7.79. The van der Waals surface area contributed by atoms with Crippen molar-refractivity contribution in [2.45, 2.75) is 24.8 Å². The molecule has 33 heavy (non-hydrogen) atoms. The lowest BCUT2D eigenvalue weighted by Crippen LogP contribution is -2.15. The van der Waals surface area contributed by atoms with Crippen LogP contribution in [0.2, 0.25) is 5.02 Å². The summed E-state index contributed by atoms with van der Waals surface area (Å²) in [5.74, 6) is 1.21. The smallest absolute Gasteiger partial charge is 0.258 e. The molecular weight excluding hydrogens is 454 g/mol. The predicted molar refractivity (Wildman–Crippen MR) is 132 cm³/mol. The van der Waals surface area contributed by atoms with E-state index in [1.54, 1.807) is 16.7 Å². The number of fused-ring (bicyclic) bond motifs is 1. The quantitative estimate of drug-likeness (QED) is 0.315. The minimum absolute atomic E-state index is 0.0996. The summed E-state index contributed by atoms with van der Waals surface area (Å²) in [5, 5.41) is 10.3. The third-order valence-corrected chi connectivity index (χ3v) is 6.47. The highest BCUT2D eigenvalue weighted by Crippen LogP contribution is 2.30. The van der Waals surface area contributed by atoms with Crippen LogP contribution < -0.4 is 5.56 Å². The summed E-state index contributed by atoms with van der Waals surface area (Å²) >= 11 is 7.57. The van der Waals surface area contributed by atoms with Crippen LogP contribution >= 0.6 is 23.4 Å². The van der Waals surface area contributed by atoms with Crippen LogP contribution in [0.25, 0.3) is 22.7 Å². The van der Waals surface area contributed by atoms with Gasteiger partial charge in [-0.05, 0) is 67.9 Å². The van der Waals surface area contributed by atoms with Crippen molar-refractivity contribution in [2.24, 2.45) is 0 Å². The molecule has 3 heterocycles. The summed E-state index contributed by atoms with van der Waals surface area (Å²) in [6.07, 6.45) is 1.75. The molecule has 6 nitrogen and oxygen atoms in total. The van der Waals surface area contributed by atoms with Gasteiger partial charge >= 0.3 is 0 Å². The zero-order valence-corrected chi connectivity index (χ0v) is 19.6. The van der Waals surface area contributed by atoms with Gasteiger partial charge < -0.3 is 0 Å². The molecule has 5 rings (SSSR count). The molecule has 0 bridgehead atoms. The number of aromatic nitrogens is 5. The number of hydrogen-bond acceptors (Lipinski definition) is 5. The van der Waals surface area contributed by atoms with Gasteiger partial charge in [-0.15, -0.1) is 10.2 Å². The van der Waals surface area contributed by atoms with Gasteiger partial charge in [-0.3, -0.25) is 13.8 Å². The fourth-order valence-corrected chi connectivity index (χ4v) is 4.51. The van der Waals surface area contributed by atoms with E-state index in [0.717, 1.165) is 27.8 Å². The largest absolute Gasteiger partial charge is 0.270 e. The summed E-state index contributed by atoms with van der Waals surface area (Å²) in [6, 6.07) is 21.1. The highest BCUT2D eigenvalue weighted by atomic mass is 35.5. The van der Waals surface area contributed by atoms with Crippen molar-refractivity contribution >= 4 is 29.0 Å². The van der Waals surface area contributed by atoms with E-state index in [1.165, 1.54) is 17.3 Å². The van der Waals surface area contributed by atoms with Crippen molar-refractivity contribution in [3.8, 4) is 17.1 Å². The number of halogens is 1. The molecule has 0 aliphatic rings. The molecule has 164 valence electrons. The summed E-state index contributed by atoms with van der Waals surface area (Å²) in [5.41, 5.74) is 5.33. The van der Waals surface area contributed by atoms with Gasteiger partial charge in [0.2, 0.25) is 0 Å². The highest BCUT2D eigenvalue weighted by Gasteiger charge is 2.17. The number of thioether (sulfide) groups is 1. The lowest BCUT2D eigenvalue weighted by atomic mass is 10.2. The predicted octanol–water partition coefficient (Wildman–Crippen LogP) is 5.50. The maximum Gasteiger partial charge on any atom is 0.258 e. The van der Waals surface area contributed by atoms with Gasteiger partial charge in [0.1, 0.15) is 5.65 Å². The normalized spacial score (nSPS) is 11.2. The van der Waals surface area contributed by atoms with Crippen molar-refractivity contribution < 1.29 is 0 Å². The van der Waals surface area contributed by atoms with E-state index in [0.29, 0.717) is 22.1 Å². The van der Waals surface area contributed by atoms with Crippen LogP contribution in [-0.2, 0) is 5.75 Å². The van der Waals surface area contributed by atoms with Crippen LogP contribution in [-0.4, -0.2) is 24.1 Å². The van der Waals surface area contributed by atoms with Crippen LogP contribution in [0.5, 0.6) is 0 Å². The van der Waals surface area contributed by atoms with Crippen molar-refractivity contribution in [3.05, 3.63) is 105 Å². The van der Waals surface area contributed by atoms with E-state index in [1.807, 2.05) is 60.0 Å². The van der Waals surface area contributed by atoms with Gasteiger partial charge in [0.05, 0.1) is 5.69 Å². The summed E-state index contributed by atoms with van der Waals surface area (Å²) in [6.45, 7) is 4.03. The Morgan fingerprint density at radius 2 is 1.67 bits per heavy atom. The maximum atomic E-state index is 12.5. The Morgan fingerprint density at radius 3 is 2.42 bits per heavy atom. The van der Waals surface area contributed by atoms with Gasteiger partial charge in [-0.25, -0.2) is 4.98 Å². The highest BCUT2D eigenvalue weighted by molar-refractivity contribution is 7.98. The molecule has 0 saturated carbocycles. The van der Waals surface area contributed by atoms with Crippen LogP contribution in [0, 0.1) is 13.8 Å². The molecule has 0 aliphatic heterocycles. The first-order valence-electron chi connectivity index (χ1n) is 10.4. The molecule has 0 spiro atoms.